The second-order valence-electron chi connectivity index (χ2n) is 3.98. The molecule has 0 unspecified atom stereocenters. The van der Waals surface area contributed by atoms with E-state index in [0.717, 1.165) is 0 Å². The summed E-state index contributed by atoms with van der Waals surface area (Å²) in [6.07, 6.45) is 0. The van der Waals surface area contributed by atoms with Crippen LogP contribution in [-0.4, -0.2) is 9.97 Å². The summed E-state index contributed by atoms with van der Waals surface area (Å²) < 4.78 is 13.7. The van der Waals surface area contributed by atoms with E-state index in [-0.39, 0.29) is 16.8 Å². The highest BCUT2D eigenvalue weighted by Gasteiger charge is 2.11. The van der Waals surface area contributed by atoms with E-state index in [1.165, 1.54) is 6.07 Å². The van der Waals surface area contributed by atoms with Crippen molar-refractivity contribution in [1.29, 1.82) is 0 Å². The van der Waals surface area contributed by atoms with Gasteiger partial charge in [-0.05, 0) is 30.3 Å². The Kier molecular flexibility index (Phi) is 3.09. The molecule has 0 N–H and O–H groups in total. The summed E-state index contributed by atoms with van der Waals surface area (Å²) in [5, 5.41) is 1.51. The Morgan fingerprint density at radius 1 is 0.947 bits per heavy atom. The van der Waals surface area contributed by atoms with E-state index < -0.39 is 0 Å². The summed E-state index contributed by atoms with van der Waals surface area (Å²) >= 11 is 12.0. The van der Waals surface area contributed by atoms with Gasteiger partial charge in [0.2, 0.25) is 0 Å². The fourth-order valence-corrected chi connectivity index (χ4v) is 2.23. The lowest BCUT2D eigenvalue weighted by Gasteiger charge is -2.05. The van der Waals surface area contributed by atoms with Crippen molar-refractivity contribution in [2.75, 3.05) is 0 Å². The third-order valence-electron chi connectivity index (χ3n) is 2.73. The van der Waals surface area contributed by atoms with Crippen LogP contribution < -0.4 is 0 Å². The molecule has 3 rings (SSSR count). The predicted molar refractivity (Wildman–Crippen MR) is 75.0 cm³/mol. The fraction of sp³-hybridized carbons (Fsp3) is 0. The van der Waals surface area contributed by atoms with Crippen molar-refractivity contribution in [3.05, 3.63) is 58.5 Å². The normalized spacial score (nSPS) is 10.9. The summed E-state index contributed by atoms with van der Waals surface area (Å²) in [7, 11) is 0. The second-order valence-corrected chi connectivity index (χ2v) is 4.77. The summed E-state index contributed by atoms with van der Waals surface area (Å²) in [6, 6.07) is 11.4. The minimum atomic E-state index is -0.389. The van der Waals surface area contributed by atoms with Crippen molar-refractivity contribution in [1.82, 2.24) is 9.97 Å². The Hall–Kier alpha value is -1.71. The van der Waals surface area contributed by atoms with Crippen molar-refractivity contribution in [3.63, 3.8) is 0 Å². The number of hydrogen-bond donors (Lipinski definition) is 0. The van der Waals surface area contributed by atoms with Crippen molar-refractivity contribution >= 4 is 34.1 Å². The zero-order chi connectivity index (χ0) is 13.4. The van der Waals surface area contributed by atoms with E-state index in [0.29, 0.717) is 21.5 Å². The van der Waals surface area contributed by atoms with Gasteiger partial charge < -0.3 is 0 Å². The highest BCUT2D eigenvalue weighted by Crippen LogP contribution is 2.27. The van der Waals surface area contributed by atoms with Gasteiger partial charge in [0.05, 0.1) is 11.1 Å². The van der Waals surface area contributed by atoms with Gasteiger partial charge in [-0.15, -0.1) is 0 Å². The van der Waals surface area contributed by atoms with Gasteiger partial charge in [0, 0.05) is 10.4 Å². The second kappa shape index (κ2) is 4.76. The Bertz CT molecular complexity index is 774. The number of hydrogen-bond acceptors (Lipinski definition) is 2. The third kappa shape index (κ3) is 2.27. The van der Waals surface area contributed by atoms with E-state index >= 15 is 0 Å². The van der Waals surface area contributed by atoms with Crippen LogP contribution >= 0.6 is 23.2 Å². The molecule has 0 fully saturated rings. The fourth-order valence-electron chi connectivity index (χ4n) is 1.83. The number of aromatic nitrogens is 2. The first-order valence-corrected chi connectivity index (χ1v) is 6.28. The lowest BCUT2D eigenvalue weighted by Crippen LogP contribution is -1.94. The van der Waals surface area contributed by atoms with Gasteiger partial charge in [-0.2, -0.15) is 0 Å². The first kappa shape index (κ1) is 12.3. The van der Waals surface area contributed by atoms with Crippen LogP contribution in [0, 0.1) is 5.82 Å². The molecule has 19 heavy (non-hydrogen) atoms. The molecule has 1 aromatic heterocycles. The van der Waals surface area contributed by atoms with E-state index in [4.69, 9.17) is 23.2 Å². The van der Waals surface area contributed by atoms with Gasteiger partial charge in [0.1, 0.15) is 11.0 Å². The minimum absolute atomic E-state index is 0.248. The largest absolute Gasteiger partial charge is 0.228 e. The maximum absolute atomic E-state index is 13.7. The third-order valence-corrected chi connectivity index (χ3v) is 3.25. The van der Waals surface area contributed by atoms with Crippen LogP contribution in [0.2, 0.25) is 10.2 Å². The van der Waals surface area contributed by atoms with Crippen LogP contribution in [0.5, 0.6) is 0 Å². The molecular weight excluding hydrogens is 286 g/mol. The van der Waals surface area contributed by atoms with Crippen LogP contribution in [0.25, 0.3) is 22.3 Å². The van der Waals surface area contributed by atoms with Crippen LogP contribution in [0.15, 0.2) is 42.5 Å². The monoisotopic (exact) mass is 292 g/mol. The standard InChI is InChI=1S/C14H7Cl2FN2/c15-8-5-6-10-12(7-8)18-14(19-13(10)16)9-3-1-2-4-11(9)17/h1-7H. The van der Waals surface area contributed by atoms with E-state index in [2.05, 4.69) is 9.97 Å². The van der Waals surface area contributed by atoms with Crippen molar-refractivity contribution in [2.24, 2.45) is 0 Å². The predicted octanol–water partition coefficient (Wildman–Crippen LogP) is 4.74. The molecule has 0 aliphatic carbocycles. The van der Waals surface area contributed by atoms with E-state index in [1.54, 1.807) is 36.4 Å². The van der Waals surface area contributed by atoms with Gasteiger partial charge in [0.25, 0.3) is 0 Å². The molecule has 1 heterocycles. The molecule has 0 saturated heterocycles. The molecule has 0 aliphatic heterocycles. The molecule has 0 spiro atoms. The minimum Gasteiger partial charge on any atom is -0.228 e. The molecule has 0 aliphatic rings. The highest BCUT2D eigenvalue weighted by molar-refractivity contribution is 6.35. The van der Waals surface area contributed by atoms with Gasteiger partial charge in [0.15, 0.2) is 5.82 Å². The van der Waals surface area contributed by atoms with Gasteiger partial charge >= 0.3 is 0 Å². The molecule has 2 nitrogen and oxygen atoms in total. The smallest absolute Gasteiger partial charge is 0.164 e. The summed E-state index contributed by atoms with van der Waals surface area (Å²) in [6.45, 7) is 0. The van der Waals surface area contributed by atoms with Gasteiger partial charge in [-0.25, -0.2) is 14.4 Å². The van der Waals surface area contributed by atoms with Crippen LogP contribution in [0.3, 0.4) is 0 Å². The highest BCUT2D eigenvalue weighted by atomic mass is 35.5. The van der Waals surface area contributed by atoms with Gasteiger partial charge in [-0.1, -0.05) is 35.3 Å². The number of fused-ring (bicyclic) bond motifs is 1. The number of nitrogens with zero attached hydrogens (tertiary/aromatic N) is 2. The van der Waals surface area contributed by atoms with Gasteiger partial charge in [-0.3, -0.25) is 0 Å². The molecule has 5 heteroatoms. The van der Waals surface area contributed by atoms with E-state index in [1.807, 2.05) is 0 Å². The lowest BCUT2D eigenvalue weighted by atomic mass is 10.2. The first-order valence-electron chi connectivity index (χ1n) is 5.53. The Morgan fingerprint density at radius 3 is 2.53 bits per heavy atom. The molecule has 3 aromatic rings. The Labute approximate surface area is 118 Å². The zero-order valence-electron chi connectivity index (χ0n) is 9.57. The molecule has 0 radical (unpaired) electrons. The maximum Gasteiger partial charge on any atom is 0.164 e. The summed E-state index contributed by atoms with van der Waals surface area (Å²) in [5.74, 6) is -0.141. The Morgan fingerprint density at radius 2 is 1.74 bits per heavy atom. The molecule has 0 saturated carbocycles. The molecular formula is C14H7Cl2FN2. The average molecular weight is 293 g/mol. The molecule has 2 aromatic carbocycles. The Balaban J connectivity index is 2.29. The van der Waals surface area contributed by atoms with Crippen LogP contribution in [-0.2, 0) is 0 Å². The van der Waals surface area contributed by atoms with Crippen molar-refractivity contribution < 1.29 is 4.39 Å². The quantitative estimate of drug-likeness (QED) is 0.605. The van der Waals surface area contributed by atoms with Crippen molar-refractivity contribution in [2.45, 2.75) is 0 Å². The molecule has 0 bridgehead atoms. The average Bonchev–Trinajstić information content (AvgIpc) is 2.38. The first-order chi connectivity index (χ1) is 9.15. The maximum atomic E-state index is 13.7. The number of halogens is 3. The molecule has 94 valence electrons. The number of rotatable bonds is 1. The molecule has 0 amide bonds. The number of benzene rings is 2. The summed E-state index contributed by atoms with van der Waals surface area (Å²) in [5.41, 5.74) is 0.900. The van der Waals surface area contributed by atoms with Crippen LogP contribution in [0.1, 0.15) is 0 Å². The topological polar surface area (TPSA) is 25.8 Å². The van der Waals surface area contributed by atoms with E-state index in [9.17, 15) is 4.39 Å². The SMILES string of the molecule is Fc1ccccc1-c1nc(Cl)c2ccc(Cl)cc2n1. The zero-order valence-corrected chi connectivity index (χ0v) is 11.1. The van der Waals surface area contributed by atoms with Crippen LogP contribution in [0.4, 0.5) is 4.39 Å². The molecule has 0 atom stereocenters. The lowest BCUT2D eigenvalue weighted by molar-refractivity contribution is 0.630. The van der Waals surface area contributed by atoms with Crippen molar-refractivity contribution in [3.8, 4) is 11.4 Å². The summed E-state index contributed by atoms with van der Waals surface area (Å²) in [4.78, 5) is 8.44.